The van der Waals surface area contributed by atoms with Gasteiger partial charge in [-0.1, -0.05) is 11.6 Å². The summed E-state index contributed by atoms with van der Waals surface area (Å²) in [4.78, 5) is -0.241. The molecule has 0 unspecified atom stereocenters. The van der Waals surface area contributed by atoms with Crippen molar-refractivity contribution in [3.05, 3.63) is 22.7 Å². The van der Waals surface area contributed by atoms with Gasteiger partial charge in [-0.05, 0) is 31.0 Å². The summed E-state index contributed by atoms with van der Waals surface area (Å²) in [6, 6.07) is 2.57. The Bertz CT molecular complexity index is 588. The molecular weight excluding hydrogens is 317 g/mol. The molecule has 0 aromatic heterocycles. The Labute approximate surface area is 120 Å². The molecule has 0 bridgehead atoms. The lowest BCUT2D eigenvalue weighted by Crippen LogP contribution is -2.26. The third-order valence-electron chi connectivity index (χ3n) is 2.54. The van der Waals surface area contributed by atoms with Crippen LogP contribution in [0.4, 0.5) is 18.9 Å². The molecular formula is C11H14ClF3N2O2S. The highest BCUT2D eigenvalue weighted by molar-refractivity contribution is 7.89. The number of sulfonamides is 1. The number of nitrogen functional groups attached to an aromatic ring is 1. The van der Waals surface area contributed by atoms with Crippen LogP contribution in [0.3, 0.4) is 0 Å². The third-order valence-corrected chi connectivity index (χ3v) is 4.46. The second-order valence-electron chi connectivity index (χ2n) is 4.26. The van der Waals surface area contributed by atoms with Gasteiger partial charge in [0.25, 0.3) is 0 Å². The van der Waals surface area contributed by atoms with Crippen molar-refractivity contribution < 1.29 is 21.6 Å². The molecule has 1 rings (SSSR count). The van der Waals surface area contributed by atoms with Crippen molar-refractivity contribution in [1.29, 1.82) is 0 Å². The summed E-state index contributed by atoms with van der Waals surface area (Å²) in [5.74, 6) is 0. The van der Waals surface area contributed by atoms with E-state index in [4.69, 9.17) is 17.3 Å². The minimum absolute atomic E-state index is 0.0278. The number of nitrogens with two attached hydrogens (primary N) is 1. The van der Waals surface area contributed by atoms with E-state index in [1.165, 1.54) is 12.1 Å². The molecule has 1 aromatic carbocycles. The van der Waals surface area contributed by atoms with E-state index >= 15 is 0 Å². The average molecular weight is 331 g/mol. The number of nitrogens with one attached hydrogen (secondary N) is 1. The molecule has 1 aromatic rings. The maximum atomic E-state index is 11.9. The molecule has 0 aliphatic carbocycles. The Balaban J connectivity index is 2.77. The van der Waals surface area contributed by atoms with Crippen molar-refractivity contribution >= 4 is 27.3 Å². The first-order valence-corrected chi connectivity index (χ1v) is 7.51. The van der Waals surface area contributed by atoms with Gasteiger partial charge < -0.3 is 5.73 Å². The monoisotopic (exact) mass is 330 g/mol. The Hall–Kier alpha value is -0.990. The van der Waals surface area contributed by atoms with Crippen LogP contribution in [-0.2, 0) is 10.0 Å². The third kappa shape index (κ3) is 4.84. The minimum Gasteiger partial charge on any atom is -0.398 e. The van der Waals surface area contributed by atoms with Crippen LogP contribution in [0.25, 0.3) is 0 Å². The van der Waals surface area contributed by atoms with Gasteiger partial charge in [-0.3, -0.25) is 0 Å². The molecule has 0 aliphatic rings. The van der Waals surface area contributed by atoms with E-state index in [0.29, 0.717) is 5.56 Å². The first kappa shape index (κ1) is 17.1. The predicted octanol–water partition coefficient (Wildman–Crippen LogP) is 2.85. The molecule has 0 spiro atoms. The molecule has 4 nitrogen and oxygen atoms in total. The summed E-state index contributed by atoms with van der Waals surface area (Å²) in [5, 5.41) is -0.0278. The first-order chi connectivity index (χ1) is 9.03. The van der Waals surface area contributed by atoms with Crippen molar-refractivity contribution in [2.75, 3.05) is 12.3 Å². The van der Waals surface area contributed by atoms with E-state index in [9.17, 15) is 21.6 Å². The van der Waals surface area contributed by atoms with Gasteiger partial charge in [0.1, 0.15) is 4.90 Å². The fourth-order valence-corrected chi connectivity index (χ4v) is 3.14. The molecule has 3 N–H and O–H groups in total. The Morgan fingerprint density at radius 3 is 2.50 bits per heavy atom. The fraction of sp³-hybridized carbons (Fsp3) is 0.455. The van der Waals surface area contributed by atoms with Crippen LogP contribution in [-0.4, -0.2) is 21.1 Å². The zero-order valence-electron chi connectivity index (χ0n) is 10.6. The lowest BCUT2D eigenvalue weighted by Gasteiger charge is -2.11. The number of aryl methyl sites for hydroxylation is 1. The van der Waals surface area contributed by atoms with Crippen LogP contribution >= 0.6 is 11.6 Å². The van der Waals surface area contributed by atoms with Crippen molar-refractivity contribution in [1.82, 2.24) is 4.72 Å². The number of alkyl halides is 3. The minimum atomic E-state index is -4.31. The highest BCUT2D eigenvalue weighted by Crippen LogP contribution is 2.27. The van der Waals surface area contributed by atoms with E-state index in [0.717, 1.165) is 0 Å². The van der Waals surface area contributed by atoms with Gasteiger partial charge in [0.05, 0.1) is 5.02 Å². The second kappa shape index (κ2) is 6.19. The van der Waals surface area contributed by atoms with Crippen LogP contribution in [0.2, 0.25) is 5.02 Å². The van der Waals surface area contributed by atoms with E-state index < -0.39 is 22.6 Å². The van der Waals surface area contributed by atoms with Gasteiger partial charge in [0, 0.05) is 18.7 Å². The highest BCUT2D eigenvalue weighted by Gasteiger charge is 2.26. The fourth-order valence-electron chi connectivity index (χ4n) is 1.45. The van der Waals surface area contributed by atoms with Gasteiger partial charge in [0.2, 0.25) is 10.0 Å². The second-order valence-corrected chi connectivity index (χ2v) is 6.40. The summed E-state index contributed by atoms with van der Waals surface area (Å²) in [5.41, 5.74) is 6.46. The van der Waals surface area contributed by atoms with Gasteiger partial charge >= 0.3 is 6.18 Å². The number of halogens is 4. The summed E-state index contributed by atoms with van der Waals surface area (Å²) < 4.78 is 61.7. The molecule has 0 amide bonds. The van der Waals surface area contributed by atoms with E-state index in [-0.39, 0.29) is 28.6 Å². The quantitative estimate of drug-likeness (QED) is 0.644. The highest BCUT2D eigenvalue weighted by atomic mass is 35.5. The smallest absolute Gasteiger partial charge is 0.389 e. The van der Waals surface area contributed by atoms with Crippen LogP contribution < -0.4 is 10.5 Å². The van der Waals surface area contributed by atoms with E-state index in [2.05, 4.69) is 4.72 Å². The lowest BCUT2D eigenvalue weighted by atomic mass is 10.2. The molecule has 0 radical (unpaired) electrons. The van der Waals surface area contributed by atoms with Crippen molar-refractivity contribution in [3.8, 4) is 0 Å². The maximum Gasteiger partial charge on any atom is 0.389 e. The molecule has 0 fully saturated rings. The number of hydrogen-bond acceptors (Lipinski definition) is 3. The molecule has 0 atom stereocenters. The van der Waals surface area contributed by atoms with Crippen molar-refractivity contribution in [3.63, 3.8) is 0 Å². The van der Waals surface area contributed by atoms with Crippen LogP contribution in [0.15, 0.2) is 17.0 Å². The Kier molecular flexibility index (Phi) is 5.28. The Morgan fingerprint density at radius 2 is 1.95 bits per heavy atom. The van der Waals surface area contributed by atoms with Crippen molar-refractivity contribution in [2.24, 2.45) is 0 Å². The zero-order valence-corrected chi connectivity index (χ0v) is 12.2. The van der Waals surface area contributed by atoms with Gasteiger partial charge in [-0.25, -0.2) is 13.1 Å². The van der Waals surface area contributed by atoms with Crippen molar-refractivity contribution in [2.45, 2.75) is 30.8 Å². The summed E-state index contributed by atoms with van der Waals surface area (Å²) in [6.07, 6.45) is -5.71. The topological polar surface area (TPSA) is 72.2 Å². The number of hydrogen-bond donors (Lipinski definition) is 2. The number of rotatable bonds is 5. The molecule has 20 heavy (non-hydrogen) atoms. The van der Waals surface area contributed by atoms with Gasteiger partial charge in [-0.2, -0.15) is 13.2 Å². The van der Waals surface area contributed by atoms with E-state index in [1.807, 2.05) is 0 Å². The van der Waals surface area contributed by atoms with Crippen LogP contribution in [0, 0.1) is 6.92 Å². The maximum absolute atomic E-state index is 11.9. The molecule has 0 saturated carbocycles. The molecule has 0 saturated heterocycles. The zero-order chi connectivity index (χ0) is 15.6. The Morgan fingerprint density at radius 1 is 1.35 bits per heavy atom. The number of benzene rings is 1. The van der Waals surface area contributed by atoms with Gasteiger partial charge in [0.15, 0.2) is 0 Å². The van der Waals surface area contributed by atoms with Crippen LogP contribution in [0.5, 0.6) is 0 Å². The SMILES string of the molecule is Cc1cc(Cl)c(S(=O)(=O)NCCCC(F)(F)F)cc1N. The number of anilines is 1. The largest absolute Gasteiger partial charge is 0.398 e. The van der Waals surface area contributed by atoms with Gasteiger partial charge in [-0.15, -0.1) is 0 Å². The summed E-state index contributed by atoms with van der Waals surface area (Å²) >= 11 is 5.82. The molecule has 114 valence electrons. The van der Waals surface area contributed by atoms with E-state index in [1.54, 1.807) is 6.92 Å². The lowest BCUT2D eigenvalue weighted by molar-refractivity contribution is -0.135. The molecule has 9 heteroatoms. The molecule has 0 aliphatic heterocycles. The average Bonchev–Trinajstić information content (AvgIpc) is 2.28. The summed E-state index contributed by atoms with van der Waals surface area (Å²) in [7, 11) is -3.98. The van der Waals surface area contributed by atoms with Crippen LogP contribution in [0.1, 0.15) is 18.4 Å². The summed E-state index contributed by atoms with van der Waals surface area (Å²) in [6.45, 7) is 1.33. The standard InChI is InChI=1S/C11H14ClF3N2O2S/c1-7-5-8(12)10(6-9(7)16)20(18,19)17-4-2-3-11(13,14)15/h5-6,17H,2-4,16H2,1H3. The normalized spacial score (nSPS) is 12.7. The first-order valence-electron chi connectivity index (χ1n) is 5.65. The molecule has 0 heterocycles. The predicted molar refractivity (Wildman–Crippen MR) is 71.1 cm³/mol.